The van der Waals surface area contributed by atoms with Gasteiger partial charge in [0, 0.05) is 11.6 Å². The van der Waals surface area contributed by atoms with E-state index in [-0.39, 0.29) is 12.2 Å². The molecule has 0 N–H and O–H groups in total. The van der Waals surface area contributed by atoms with E-state index < -0.39 is 33.5 Å². The Bertz CT molecular complexity index is 882. The summed E-state index contributed by atoms with van der Waals surface area (Å²) in [6.07, 6.45) is 0.341. The molecule has 1 heterocycles. The molecule has 0 spiro atoms. The second-order valence-corrected chi connectivity index (χ2v) is 7.48. The van der Waals surface area contributed by atoms with Crippen LogP contribution in [0.15, 0.2) is 42.5 Å². The molecule has 2 aromatic carbocycles. The van der Waals surface area contributed by atoms with Crippen molar-refractivity contribution in [2.45, 2.75) is 18.6 Å². The summed E-state index contributed by atoms with van der Waals surface area (Å²) in [5, 5.41) is 0. The van der Waals surface area contributed by atoms with Crippen LogP contribution in [0.3, 0.4) is 0 Å². The first-order valence-electron chi connectivity index (χ1n) is 7.26. The third-order valence-electron chi connectivity index (χ3n) is 4.04. The van der Waals surface area contributed by atoms with Crippen molar-refractivity contribution in [1.82, 2.24) is 0 Å². The van der Waals surface area contributed by atoms with E-state index in [0.29, 0.717) is 0 Å². The molecule has 2 unspecified atom stereocenters. The van der Waals surface area contributed by atoms with Gasteiger partial charge in [0.1, 0.15) is 24.3 Å². The summed E-state index contributed by atoms with van der Waals surface area (Å²) >= 11 is 0. The highest BCUT2D eigenvalue weighted by molar-refractivity contribution is 7.85. The Balaban J connectivity index is 2.02. The van der Waals surface area contributed by atoms with E-state index in [0.717, 1.165) is 29.5 Å². The quantitative estimate of drug-likeness (QED) is 0.611. The van der Waals surface area contributed by atoms with Crippen molar-refractivity contribution in [3.05, 3.63) is 70.8 Å². The maximum absolute atomic E-state index is 14.3. The molecule has 1 saturated heterocycles. The van der Waals surface area contributed by atoms with Gasteiger partial charge in [0.15, 0.2) is 5.60 Å². The zero-order chi connectivity index (χ0) is 17.5. The van der Waals surface area contributed by atoms with Gasteiger partial charge in [0.05, 0.1) is 6.26 Å². The molecule has 0 bridgehead atoms. The minimum Gasteiger partial charge on any atom is -0.353 e. The SMILES string of the molecule is Cc1ccccc1C1OC1(COS(C)(=O)=O)c1ccc(F)cc1F. The third kappa shape index (κ3) is 3.19. The lowest BCUT2D eigenvalue weighted by molar-refractivity contribution is 0.190. The smallest absolute Gasteiger partial charge is 0.264 e. The molecule has 3 rings (SSSR count). The number of benzene rings is 2. The lowest BCUT2D eigenvalue weighted by Crippen LogP contribution is -2.22. The maximum Gasteiger partial charge on any atom is 0.264 e. The molecular formula is C17H16F2O4S. The molecule has 1 fully saturated rings. The van der Waals surface area contributed by atoms with Crippen LogP contribution < -0.4 is 0 Å². The highest BCUT2D eigenvalue weighted by Gasteiger charge is 2.61. The summed E-state index contributed by atoms with van der Waals surface area (Å²) in [5.41, 5.74) is 0.498. The topological polar surface area (TPSA) is 55.9 Å². The first kappa shape index (κ1) is 17.0. The van der Waals surface area contributed by atoms with E-state index >= 15 is 0 Å². The fourth-order valence-electron chi connectivity index (χ4n) is 2.79. The van der Waals surface area contributed by atoms with Crippen molar-refractivity contribution in [3.63, 3.8) is 0 Å². The van der Waals surface area contributed by atoms with Crippen molar-refractivity contribution < 1.29 is 26.1 Å². The first-order valence-corrected chi connectivity index (χ1v) is 9.08. The molecule has 0 radical (unpaired) electrons. The Hall–Kier alpha value is -1.83. The average Bonchev–Trinajstić information content (AvgIpc) is 3.20. The number of rotatable bonds is 5. The van der Waals surface area contributed by atoms with Crippen LogP contribution >= 0.6 is 0 Å². The second kappa shape index (κ2) is 5.91. The van der Waals surface area contributed by atoms with Gasteiger partial charge in [-0.3, -0.25) is 4.18 Å². The summed E-state index contributed by atoms with van der Waals surface area (Å²) in [4.78, 5) is 0. The highest BCUT2D eigenvalue weighted by atomic mass is 32.2. The monoisotopic (exact) mass is 354 g/mol. The Morgan fingerprint density at radius 2 is 1.92 bits per heavy atom. The van der Waals surface area contributed by atoms with Crippen LogP contribution in [0.4, 0.5) is 8.78 Å². The van der Waals surface area contributed by atoms with E-state index in [1.54, 1.807) is 0 Å². The minimum absolute atomic E-state index is 0.0702. The van der Waals surface area contributed by atoms with Crippen molar-refractivity contribution in [2.75, 3.05) is 12.9 Å². The van der Waals surface area contributed by atoms with Crippen LogP contribution in [0, 0.1) is 18.6 Å². The molecule has 4 nitrogen and oxygen atoms in total. The molecule has 128 valence electrons. The minimum atomic E-state index is -3.74. The van der Waals surface area contributed by atoms with E-state index in [4.69, 9.17) is 8.92 Å². The van der Waals surface area contributed by atoms with Crippen LogP contribution in [0.1, 0.15) is 22.8 Å². The number of ether oxygens (including phenoxy) is 1. The predicted octanol–water partition coefficient (Wildman–Crippen LogP) is 3.22. The lowest BCUT2D eigenvalue weighted by Gasteiger charge is -2.15. The van der Waals surface area contributed by atoms with Crippen molar-refractivity contribution in [2.24, 2.45) is 0 Å². The van der Waals surface area contributed by atoms with Crippen LogP contribution in [0.25, 0.3) is 0 Å². The maximum atomic E-state index is 14.3. The molecule has 0 amide bonds. The molecule has 0 saturated carbocycles. The molecule has 2 atom stereocenters. The molecule has 0 aliphatic carbocycles. The van der Waals surface area contributed by atoms with Crippen molar-refractivity contribution in [1.29, 1.82) is 0 Å². The van der Waals surface area contributed by atoms with E-state index in [9.17, 15) is 17.2 Å². The molecule has 0 aromatic heterocycles. The fourth-order valence-corrected chi connectivity index (χ4v) is 3.18. The number of epoxide rings is 1. The molecule has 2 aromatic rings. The van der Waals surface area contributed by atoms with E-state index in [1.807, 2.05) is 31.2 Å². The number of hydrogen-bond acceptors (Lipinski definition) is 4. The fraction of sp³-hybridized carbons (Fsp3) is 0.294. The number of aryl methyl sites for hydroxylation is 1. The van der Waals surface area contributed by atoms with Crippen LogP contribution in [0.5, 0.6) is 0 Å². The average molecular weight is 354 g/mol. The zero-order valence-corrected chi connectivity index (χ0v) is 13.9. The Morgan fingerprint density at radius 3 is 2.54 bits per heavy atom. The van der Waals surface area contributed by atoms with E-state index in [2.05, 4.69) is 0 Å². The van der Waals surface area contributed by atoms with Gasteiger partial charge in [-0.15, -0.1) is 0 Å². The number of hydrogen-bond donors (Lipinski definition) is 0. The summed E-state index contributed by atoms with van der Waals surface area (Å²) in [7, 11) is -3.74. The Morgan fingerprint density at radius 1 is 1.21 bits per heavy atom. The second-order valence-electron chi connectivity index (χ2n) is 5.83. The molecular weight excluding hydrogens is 338 g/mol. The highest BCUT2D eigenvalue weighted by Crippen LogP contribution is 2.58. The van der Waals surface area contributed by atoms with Gasteiger partial charge < -0.3 is 4.74 Å². The van der Waals surface area contributed by atoms with Crippen molar-refractivity contribution in [3.8, 4) is 0 Å². The van der Waals surface area contributed by atoms with Gasteiger partial charge in [-0.05, 0) is 24.1 Å². The lowest BCUT2D eigenvalue weighted by atomic mass is 9.90. The van der Waals surface area contributed by atoms with Gasteiger partial charge in [-0.2, -0.15) is 8.42 Å². The van der Waals surface area contributed by atoms with Crippen LogP contribution in [0.2, 0.25) is 0 Å². The van der Waals surface area contributed by atoms with Crippen molar-refractivity contribution >= 4 is 10.1 Å². The van der Waals surface area contributed by atoms with Crippen LogP contribution in [-0.2, 0) is 24.6 Å². The Labute approximate surface area is 139 Å². The summed E-state index contributed by atoms with van der Waals surface area (Å²) in [6, 6.07) is 10.5. The summed E-state index contributed by atoms with van der Waals surface area (Å²) in [5.74, 6) is -1.52. The summed E-state index contributed by atoms with van der Waals surface area (Å²) < 4.78 is 60.8. The Kier molecular flexibility index (Phi) is 4.19. The molecule has 24 heavy (non-hydrogen) atoms. The molecule has 1 aliphatic heterocycles. The number of halogens is 2. The molecule has 1 aliphatic rings. The molecule has 7 heteroatoms. The van der Waals surface area contributed by atoms with Gasteiger partial charge in [0.25, 0.3) is 10.1 Å². The summed E-state index contributed by atoms with van der Waals surface area (Å²) in [6.45, 7) is 1.49. The third-order valence-corrected chi connectivity index (χ3v) is 4.59. The van der Waals surface area contributed by atoms with Gasteiger partial charge in [-0.1, -0.05) is 30.3 Å². The van der Waals surface area contributed by atoms with E-state index in [1.165, 1.54) is 6.07 Å². The largest absolute Gasteiger partial charge is 0.353 e. The van der Waals surface area contributed by atoms with Gasteiger partial charge in [-0.25, -0.2) is 8.78 Å². The van der Waals surface area contributed by atoms with Gasteiger partial charge in [0.2, 0.25) is 0 Å². The normalized spacial score (nSPS) is 23.2. The van der Waals surface area contributed by atoms with Crippen LogP contribution in [-0.4, -0.2) is 21.3 Å². The first-order chi connectivity index (χ1) is 11.2. The predicted molar refractivity (Wildman–Crippen MR) is 83.8 cm³/mol. The van der Waals surface area contributed by atoms with Gasteiger partial charge >= 0.3 is 0 Å². The zero-order valence-electron chi connectivity index (χ0n) is 13.1. The standard InChI is InChI=1S/C17H16F2O4S/c1-11-5-3-4-6-13(11)16-17(23-16,10-22-24(2,20)21)14-8-7-12(18)9-15(14)19/h3-9,16H,10H2,1-2H3.